The summed E-state index contributed by atoms with van der Waals surface area (Å²) in [5, 5.41) is 6.64. The Morgan fingerprint density at radius 1 is 0.960 bits per heavy atom. The summed E-state index contributed by atoms with van der Waals surface area (Å²) in [6, 6.07) is 8.40. The molecule has 2 atom stereocenters. The Bertz CT molecular complexity index is 1440. The number of hydrogen-bond acceptors (Lipinski definition) is 11. The van der Waals surface area contributed by atoms with Crippen LogP contribution in [0.25, 0.3) is 0 Å². The van der Waals surface area contributed by atoms with Crippen molar-refractivity contribution in [3.63, 3.8) is 0 Å². The zero-order valence-electron chi connectivity index (χ0n) is 27.9. The van der Waals surface area contributed by atoms with Gasteiger partial charge in [0, 0.05) is 57.4 Å². The highest BCUT2D eigenvalue weighted by Crippen LogP contribution is 2.58. The predicted molar refractivity (Wildman–Crippen MR) is 187 cm³/mol. The van der Waals surface area contributed by atoms with E-state index in [0.717, 1.165) is 5.56 Å². The number of aromatic nitrogens is 2. The van der Waals surface area contributed by atoms with Crippen LogP contribution in [0.5, 0.6) is 0 Å². The Balaban J connectivity index is 1.58. The van der Waals surface area contributed by atoms with Crippen LogP contribution in [0.3, 0.4) is 0 Å². The summed E-state index contributed by atoms with van der Waals surface area (Å²) in [7, 11) is -11.3. The summed E-state index contributed by atoms with van der Waals surface area (Å²) in [6.45, 7) is 6.23. The van der Waals surface area contributed by atoms with Crippen LogP contribution >= 0.6 is 27.0 Å². The monoisotopic (exact) mass is 758 g/mol. The highest BCUT2D eigenvalue weighted by Gasteiger charge is 2.44. The van der Waals surface area contributed by atoms with Crippen LogP contribution in [-0.4, -0.2) is 115 Å². The summed E-state index contributed by atoms with van der Waals surface area (Å²) < 4.78 is 35.1. The van der Waals surface area contributed by atoms with Gasteiger partial charge in [-0.25, -0.2) is 4.98 Å². The molecule has 1 saturated heterocycles. The van der Waals surface area contributed by atoms with Crippen LogP contribution in [-0.2, 0) is 29.7 Å². The third kappa shape index (κ3) is 14.9. The Labute approximate surface area is 295 Å². The highest BCUT2D eigenvalue weighted by atomic mass is 32.2. The maximum atomic E-state index is 13.8. The first-order chi connectivity index (χ1) is 23.6. The van der Waals surface area contributed by atoms with Crippen molar-refractivity contribution in [3.8, 4) is 0 Å². The molecule has 7 N–H and O–H groups in total. The van der Waals surface area contributed by atoms with Crippen molar-refractivity contribution in [3.05, 3.63) is 60.2 Å². The average molecular weight is 759 g/mol. The molecule has 1 unspecified atom stereocenters. The van der Waals surface area contributed by atoms with Crippen molar-refractivity contribution in [1.82, 2.24) is 30.8 Å². The van der Waals surface area contributed by atoms with E-state index in [1.807, 2.05) is 44.2 Å². The second-order valence-electron chi connectivity index (χ2n) is 12.0. The molecule has 0 spiro atoms. The maximum absolute atomic E-state index is 13.8. The van der Waals surface area contributed by atoms with E-state index in [4.69, 9.17) is 9.31 Å². The molecule has 21 heteroatoms. The van der Waals surface area contributed by atoms with Crippen molar-refractivity contribution < 1.29 is 52.4 Å². The van der Waals surface area contributed by atoms with Crippen LogP contribution < -0.4 is 16.0 Å². The third-order valence-electron chi connectivity index (χ3n) is 7.41. The molecule has 0 radical (unpaired) electrons. The number of rotatable bonds is 15. The molecular formula is C29H45BN6O11P2S. The zero-order valence-corrected chi connectivity index (χ0v) is 30.5. The number of carbonyl (C=O) groups is 3. The van der Waals surface area contributed by atoms with Gasteiger partial charge in [0.1, 0.15) is 11.7 Å². The molecule has 1 aliphatic heterocycles. The van der Waals surface area contributed by atoms with Crippen LogP contribution in [0.15, 0.2) is 48.9 Å². The number of amides is 3. The molecular weight excluding hydrogens is 713 g/mol. The van der Waals surface area contributed by atoms with E-state index < -0.39 is 56.9 Å². The van der Waals surface area contributed by atoms with Crippen LogP contribution in [0.1, 0.15) is 49.2 Å². The van der Waals surface area contributed by atoms with E-state index >= 15 is 0 Å². The number of carbonyl (C=O) groups excluding carboxylic acids is 3. The van der Waals surface area contributed by atoms with Gasteiger partial charge in [0.25, 0.3) is 11.1 Å². The maximum Gasteiger partial charge on any atom is 0.480 e. The Morgan fingerprint density at radius 3 is 2.16 bits per heavy atom. The predicted octanol–water partition coefficient (Wildman–Crippen LogP) is 1.59. The van der Waals surface area contributed by atoms with Gasteiger partial charge in [-0.15, -0.1) is 0 Å². The summed E-state index contributed by atoms with van der Waals surface area (Å²) in [5.41, 5.74) is -1.66. The number of benzene rings is 1. The molecule has 1 fully saturated rings. The van der Waals surface area contributed by atoms with Gasteiger partial charge in [0.2, 0.25) is 11.4 Å². The summed E-state index contributed by atoms with van der Waals surface area (Å²) in [6.07, 6.45) is 6.13. The van der Waals surface area contributed by atoms with Crippen molar-refractivity contribution in [2.24, 2.45) is 5.92 Å². The molecule has 0 bridgehead atoms. The fourth-order valence-electron chi connectivity index (χ4n) is 5.11. The lowest BCUT2D eigenvalue weighted by atomic mass is 9.73. The first kappa shape index (κ1) is 41.7. The highest BCUT2D eigenvalue weighted by molar-refractivity contribution is 8.13. The van der Waals surface area contributed by atoms with E-state index in [9.17, 15) is 43.1 Å². The van der Waals surface area contributed by atoms with Gasteiger partial charge >= 0.3 is 22.3 Å². The molecule has 1 aromatic heterocycles. The molecule has 2 aromatic rings. The number of thioether (sulfide) groups is 1. The van der Waals surface area contributed by atoms with Crippen molar-refractivity contribution in [2.45, 2.75) is 57.0 Å². The molecule has 3 amide bonds. The smallest absolute Gasteiger partial charge is 0.410 e. The van der Waals surface area contributed by atoms with Crippen molar-refractivity contribution in [2.75, 3.05) is 38.6 Å². The fraction of sp³-hybridized carbons (Fsp3) is 0.552. The van der Waals surface area contributed by atoms with Crippen LogP contribution in [0.4, 0.5) is 4.79 Å². The second-order valence-corrected chi connectivity index (χ2v) is 16.9. The number of nitrogens with one attached hydrogen (secondary N) is 3. The second kappa shape index (κ2) is 20.4. The van der Waals surface area contributed by atoms with Gasteiger partial charge in [0.05, 0.1) is 12.1 Å². The number of nitrogens with zero attached hydrogens (tertiary/aromatic N) is 3. The summed E-state index contributed by atoms with van der Waals surface area (Å²) >= 11 is 0.659. The molecule has 3 rings (SSSR count). The minimum absolute atomic E-state index is 0.0837. The van der Waals surface area contributed by atoms with Gasteiger partial charge in [-0.05, 0) is 30.7 Å². The molecule has 1 aliphatic rings. The minimum Gasteiger partial charge on any atom is -0.410 e. The van der Waals surface area contributed by atoms with Crippen LogP contribution in [0.2, 0.25) is 0 Å². The molecule has 17 nitrogen and oxygen atoms in total. The molecule has 0 saturated carbocycles. The van der Waals surface area contributed by atoms with E-state index in [-0.39, 0.29) is 23.8 Å². The Kier molecular flexibility index (Phi) is 17.0. The lowest BCUT2D eigenvalue weighted by Crippen LogP contribution is -2.56. The van der Waals surface area contributed by atoms with Gasteiger partial charge in [-0.1, -0.05) is 55.9 Å². The van der Waals surface area contributed by atoms with E-state index in [0.29, 0.717) is 63.9 Å². The zero-order chi connectivity index (χ0) is 36.7. The average Bonchev–Trinajstić information content (AvgIpc) is 3.05. The molecule has 1 aromatic carbocycles. The first-order valence-electron chi connectivity index (χ1n) is 16.0. The largest absolute Gasteiger partial charge is 0.480 e. The Hall–Kier alpha value is -2.70. The fourth-order valence-corrected chi connectivity index (χ4v) is 8.16. The van der Waals surface area contributed by atoms with E-state index in [1.54, 1.807) is 5.32 Å². The van der Waals surface area contributed by atoms with E-state index in [1.165, 1.54) is 18.6 Å². The number of hydrogen-bond donors (Lipinski definition) is 7. The third-order valence-corrected chi connectivity index (χ3v) is 11.5. The normalized spacial score (nSPS) is 16.4. The van der Waals surface area contributed by atoms with Crippen molar-refractivity contribution >= 4 is 51.1 Å². The molecule has 2 heterocycles. The first-order valence-corrected chi connectivity index (χ1v) is 20.4. The summed E-state index contributed by atoms with van der Waals surface area (Å²) in [4.78, 5) is 85.8. The molecule has 50 heavy (non-hydrogen) atoms. The SMILES string of the molecule is CC(C)CC(NC(=O)[C@@H](Cc1ccccc1)NC(=O)c1cnccn1)B1OCCCN(CCSC(=O)NC(P(=O)(O)O)P(=O)(O)O)CCCO1. The van der Waals surface area contributed by atoms with E-state index in [2.05, 4.69) is 25.5 Å². The summed E-state index contributed by atoms with van der Waals surface area (Å²) in [5.74, 6) is -1.08. The minimum atomic E-state index is -5.29. The van der Waals surface area contributed by atoms with Gasteiger partial charge in [-0.3, -0.25) is 28.5 Å². The van der Waals surface area contributed by atoms with Gasteiger partial charge in [0.15, 0.2) is 0 Å². The van der Waals surface area contributed by atoms with Gasteiger partial charge < -0.3 is 49.7 Å². The molecule has 0 aliphatic carbocycles. The lowest BCUT2D eigenvalue weighted by molar-refractivity contribution is -0.123. The molecule has 276 valence electrons. The standard InChI is InChI=1S/C29H45BN6O11P2S/c1-21(2)18-25(34-26(37)23(19-22-8-4-3-5-9-22)33-27(38)24-20-31-10-11-32-24)30-46-15-6-12-36(13-7-16-47-30)14-17-50-28(39)35-29(48(40,41)42)49(43,44)45/h3-5,8-11,20-21,23,25,29H,6-7,12-19H2,1-2H3,(H,33,38)(H,34,37)(H,35,39)(H2,40,41,42)(H2,43,44,45)/t23-,25?/m1/s1. The Morgan fingerprint density at radius 2 is 1.60 bits per heavy atom. The van der Waals surface area contributed by atoms with Gasteiger partial charge in [-0.2, -0.15) is 0 Å². The van der Waals surface area contributed by atoms with Crippen LogP contribution in [0, 0.1) is 5.92 Å². The lowest BCUT2D eigenvalue weighted by Gasteiger charge is -2.30. The topological polar surface area (TPSA) is 250 Å². The quantitative estimate of drug-likeness (QED) is 0.101. The van der Waals surface area contributed by atoms with Crippen molar-refractivity contribution in [1.29, 1.82) is 0 Å².